The van der Waals surface area contributed by atoms with Crippen LogP contribution in [-0.4, -0.2) is 5.78 Å². The maximum atomic E-state index is 11.8. The van der Waals surface area contributed by atoms with Crippen LogP contribution in [0.1, 0.15) is 85.9 Å². The number of aryl methyl sites for hydroxylation is 2. The Morgan fingerprint density at radius 3 is 2.59 bits per heavy atom. The Bertz CT molecular complexity index is 1150. The summed E-state index contributed by atoms with van der Waals surface area (Å²) >= 11 is 0. The number of terminal acetylenes is 1. The fourth-order valence-corrected chi connectivity index (χ4v) is 4.25. The molecule has 1 nitrogen and oxygen atoms in total. The van der Waals surface area contributed by atoms with Crippen LogP contribution in [0, 0.1) is 19.3 Å². The molecule has 3 aromatic rings. The lowest BCUT2D eigenvalue weighted by Gasteiger charge is -2.11. The number of benzene rings is 3. The van der Waals surface area contributed by atoms with E-state index < -0.39 is 0 Å². The number of unbranched alkanes of at least 4 members (excludes halogenated alkanes) is 4. The number of hydrogen-bond acceptors (Lipinski definition) is 1. The number of rotatable bonds is 10. The highest BCUT2D eigenvalue weighted by Crippen LogP contribution is 2.27. The van der Waals surface area contributed by atoms with E-state index in [2.05, 4.69) is 74.4 Å². The van der Waals surface area contributed by atoms with Crippen molar-refractivity contribution in [3.8, 4) is 12.3 Å². The molecule has 0 bridgehead atoms. The number of allylic oxidation sites excluding steroid dienone is 1. The van der Waals surface area contributed by atoms with Gasteiger partial charge in [0.1, 0.15) is 0 Å². The van der Waals surface area contributed by atoms with Crippen molar-refractivity contribution in [3.63, 3.8) is 0 Å². The molecular weight excluding hydrogens is 388 g/mol. The van der Waals surface area contributed by atoms with Crippen LogP contribution in [0.3, 0.4) is 0 Å². The lowest BCUT2D eigenvalue weighted by atomic mass is 9.93. The Labute approximate surface area is 195 Å². The molecule has 0 spiro atoms. The van der Waals surface area contributed by atoms with Gasteiger partial charge < -0.3 is 0 Å². The number of carbonyl (C=O) groups excluding carboxylic acids is 1. The van der Waals surface area contributed by atoms with Gasteiger partial charge in [-0.3, -0.25) is 4.79 Å². The van der Waals surface area contributed by atoms with Crippen molar-refractivity contribution in [1.29, 1.82) is 0 Å². The molecule has 0 aliphatic heterocycles. The maximum absolute atomic E-state index is 11.8. The van der Waals surface area contributed by atoms with Gasteiger partial charge in [-0.2, -0.15) is 0 Å². The third-order valence-corrected chi connectivity index (χ3v) is 6.11. The summed E-state index contributed by atoms with van der Waals surface area (Å²) in [4.78, 5) is 11.8. The quantitative estimate of drug-likeness (QED) is 0.138. The maximum Gasteiger partial charge on any atom is 0.235 e. The summed E-state index contributed by atoms with van der Waals surface area (Å²) < 4.78 is 0. The SMILES string of the molecule is C#CC(=O)c1cc(CCCCCC/C=C\c2cc(C(C)C)c3ccccc3c2)ccc1C.[HH]. The zero-order valence-corrected chi connectivity index (χ0v) is 19.7. The van der Waals surface area contributed by atoms with Gasteiger partial charge in [-0.05, 0) is 89.6 Å². The van der Waals surface area contributed by atoms with Crippen LogP contribution in [0.2, 0.25) is 0 Å². The van der Waals surface area contributed by atoms with E-state index in [4.69, 9.17) is 6.42 Å². The largest absolute Gasteiger partial charge is 0.279 e. The molecule has 0 aromatic heterocycles. The predicted molar refractivity (Wildman–Crippen MR) is 140 cm³/mol. The van der Waals surface area contributed by atoms with Gasteiger partial charge in [0, 0.05) is 6.99 Å². The molecular formula is C31H36O. The van der Waals surface area contributed by atoms with E-state index >= 15 is 0 Å². The van der Waals surface area contributed by atoms with Crippen molar-refractivity contribution in [1.82, 2.24) is 0 Å². The van der Waals surface area contributed by atoms with Crippen LogP contribution in [0.15, 0.2) is 60.7 Å². The first-order valence-corrected chi connectivity index (χ1v) is 11.8. The normalized spacial score (nSPS) is 11.3. The number of fused-ring (bicyclic) bond motifs is 1. The van der Waals surface area contributed by atoms with E-state index in [9.17, 15) is 4.79 Å². The highest BCUT2D eigenvalue weighted by Gasteiger charge is 2.08. The molecule has 0 saturated heterocycles. The first kappa shape index (κ1) is 23.6. The second kappa shape index (κ2) is 11.5. The van der Waals surface area contributed by atoms with E-state index in [0.717, 1.165) is 24.8 Å². The summed E-state index contributed by atoms with van der Waals surface area (Å²) in [6, 6.07) is 19.4. The Kier molecular flexibility index (Phi) is 8.46. The average molecular weight is 425 g/mol. The molecule has 3 aromatic carbocycles. The fourth-order valence-electron chi connectivity index (χ4n) is 4.25. The summed E-state index contributed by atoms with van der Waals surface area (Å²) in [5.41, 5.74) is 5.54. The van der Waals surface area contributed by atoms with Crippen molar-refractivity contribution in [2.24, 2.45) is 0 Å². The van der Waals surface area contributed by atoms with Gasteiger partial charge in [-0.25, -0.2) is 0 Å². The third-order valence-electron chi connectivity index (χ3n) is 6.11. The van der Waals surface area contributed by atoms with Crippen LogP contribution >= 0.6 is 0 Å². The molecule has 0 aliphatic rings. The smallest absolute Gasteiger partial charge is 0.235 e. The van der Waals surface area contributed by atoms with E-state index in [1.54, 1.807) is 0 Å². The Hall–Kier alpha value is -3.11. The van der Waals surface area contributed by atoms with Gasteiger partial charge in [-0.15, -0.1) is 6.42 Å². The third kappa shape index (κ3) is 6.21. The molecule has 0 amide bonds. The van der Waals surface area contributed by atoms with Crippen LogP contribution in [0.5, 0.6) is 0 Å². The van der Waals surface area contributed by atoms with Gasteiger partial charge in [0.25, 0.3) is 0 Å². The summed E-state index contributed by atoms with van der Waals surface area (Å²) in [5.74, 6) is 2.53. The minimum absolute atomic E-state index is 0. The van der Waals surface area contributed by atoms with Gasteiger partial charge in [0.15, 0.2) is 0 Å². The summed E-state index contributed by atoms with van der Waals surface area (Å²) in [6.45, 7) is 6.46. The number of carbonyl (C=O) groups is 1. The van der Waals surface area contributed by atoms with Gasteiger partial charge >= 0.3 is 0 Å². The Morgan fingerprint density at radius 2 is 1.81 bits per heavy atom. The molecule has 1 heteroatoms. The zero-order chi connectivity index (χ0) is 22.9. The first-order valence-electron chi connectivity index (χ1n) is 11.8. The standard InChI is InChI=1S/C31H34O.H2/c1-5-31(32)30-21-25(19-18-24(30)4)14-10-8-6-7-9-11-15-26-20-27-16-12-13-17-28(27)29(22-26)23(2)3;/h1,11-13,15-23H,6-10,14H2,2-4H3;1H/b15-11-;. The van der Waals surface area contributed by atoms with E-state index in [-0.39, 0.29) is 7.21 Å². The molecule has 3 rings (SSSR count). The minimum Gasteiger partial charge on any atom is -0.279 e. The van der Waals surface area contributed by atoms with Gasteiger partial charge in [-0.1, -0.05) is 81.3 Å². The Morgan fingerprint density at radius 1 is 1.03 bits per heavy atom. The topological polar surface area (TPSA) is 17.1 Å². The minimum atomic E-state index is -0.219. The average Bonchev–Trinajstić information content (AvgIpc) is 2.80. The summed E-state index contributed by atoms with van der Waals surface area (Å²) in [7, 11) is 0. The summed E-state index contributed by atoms with van der Waals surface area (Å²) in [6.07, 6.45) is 16.7. The number of ketones is 1. The second-order valence-electron chi connectivity index (χ2n) is 8.96. The molecule has 0 fully saturated rings. The van der Waals surface area contributed by atoms with Crippen LogP contribution in [0.25, 0.3) is 16.8 Å². The number of Topliss-reactive ketones (excluding diaryl/α,β-unsaturated/α-hetero) is 1. The van der Waals surface area contributed by atoms with Crippen molar-refractivity contribution < 1.29 is 6.22 Å². The van der Waals surface area contributed by atoms with Crippen molar-refractivity contribution in [3.05, 3.63) is 88.5 Å². The molecule has 0 N–H and O–H groups in total. The van der Waals surface area contributed by atoms with Crippen LogP contribution in [-0.2, 0) is 6.42 Å². The van der Waals surface area contributed by atoms with Gasteiger partial charge in [0.2, 0.25) is 5.78 Å². The first-order chi connectivity index (χ1) is 15.5. The van der Waals surface area contributed by atoms with E-state index in [1.165, 1.54) is 46.7 Å². The highest BCUT2D eigenvalue weighted by atomic mass is 16.1. The fraction of sp³-hybridized carbons (Fsp3) is 0.323. The zero-order valence-electron chi connectivity index (χ0n) is 19.7. The molecule has 0 heterocycles. The second-order valence-corrected chi connectivity index (χ2v) is 8.96. The molecule has 0 aliphatic carbocycles. The summed E-state index contributed by atoms with van der Waals surface area (Å²) in [5, 5.41) is 2.69. The molecule has 32 heavy (non-hydrogen) atoms. The molecule has 0 radical (unpaired) electrons. The van der Waals surface area contributed by atoms with Crippen molar-refractivity contribution in [2.75, 3.05) is 0 Å². The van der Waals surface area contributed by atoms with Crippen LogP contribution in [0.4, 0.5) is 0 Å². The predicted octanol–water partition coefficient (Wildman–Crippen LogP) is 8.54. The highest BCUT2D eigenvalue weighted by molar-refractivity contribution is 6.09. The van der Waals surface area contributed by atoms with Crippen molar-refractivity contribution >= 4 is 22.6 Å². The molecule has 0 saturated carbocycles. The monoisotopic (exact) mass is 424 g/mol. The van der Waals surface area contributed by atoms with E-state index in [0.29, 0.717) is 11.5 Å². The lowest BCUT2D eigenvalue weighted by molar-refractivity contribution is 0.105. The Balaban J connectivity index is 0.00000385. The van der Waals surface area contributed by atoms with Crippen LogP contribution < -0.4 is 0 Å². The molecule has 0 unspecified atom stereocenters. The van der Waals surface area contributed by atoms with E-state index in [1.807, 2.05) is 19.1 Å². The molecule has 0 atom stereocenters. The molecule has 166 valence electrons. The lowest BCUT2D eigenvalue weighted by Crippen LogP contribution is -2.00. The number of hydrogen-bond donors (Lipinski definition) is 0. The van der Waals surface area contributed by atoms with Crippen molar-refractivity contribution in [2.45, 2.75) is 65.2 Å². The van der Waals surface area contributed by atoms with Gasteiger partial charge in [0.05, 0.1) is 0 Å².